The van der Waals surface area contributed by atoms with Crippen LogP contribution in [0.3, 0.4) is 0 Å². The van der Waals surface area contributed by atoms with Crippen molar-refractivity contribution < 1.29 is 0 Å². The summed E-state index contributed by atoms with van der Waals surface area (Å²) in [6.45, 7) is 0. The summed E-state index contributed by atoms with van der Waals surface area (Å²) in [6.07, 6.45) is 0.799. The molecule has 0 aliphatic heterocycles. The van der Waals surface area contributed by atoms with E-state index < -0.39 is 0 Å². The molecule has 0 fully saturated rings. The normalized spacial score (nSPS) is 10.4. The first-order chi connectivity index (χ1) is 7.68. The number of nitrogens with two attached hydrogens (primary N) is 1. The summed E-state index contributed by atoms with van der Waals surface area (Å²) in [5.41, 5.74) is 9.07. The second-order valence-electron chi connectivity index (χ2n) is 3.61. The zero-order valence-corrected chi connectivity index (χ0v) is 11.1. The van der Waals surface area contributed by atoms with Gasteiger partial charge in [0.05, 0.1) is 0 Å². The highest BCUT2D eigenvalue weighted by atomic mass is 79.9. The first kappa shape index (κ1) is 11.6. The number of hydrogen-bond donors (Lipinski definition) is 2. The third-order valence-corrected chi connectivity index (χ3v) is 3.69. The molecule has 0 saturated carbocycles. The molecule has 2 rings (SSSR count). The lowest BCUT2D eigenvalue weighted by Gasteiger charge is -2.09. The number of hydrogen-bond acceptors (Lipinski definition) is 2. The minimum atomic E-state index is 0.799. The molecule has 2 aromatic carbocycles. The molecule has 0 unspecified atom stereocenters. The Morgan fingerprint density at radius 1 is 1.06 bits per heavy atom. The molecule has 0 saturated heterocycles. The van der Waals surface area contributed by atoms with Gasteiger partial charge in [-0.1, -0.05) is 40.2 Å². The fraction of sp³-hybridized carbons (Fsp3) is 0.0769. The number of nitrogen functional groups attached to an aromatic ring is 1. The van der Waals surface area contributed by atoms with Crippen LogP contribution in [0.15, 0.2) is 51.8 Å². The summed E-state index contributed by atoms with van der Waals surface area (Å²) >= 11 is 7.96. The maximum atomic E-state index is 5.96. The second kappa shape index (κ2) is 4.93. The van der Waals surface area contributed by atoms with E-state index >= 15 is 0 Å². The maximum Gasteiger partial charge on any atom is 0.0361 e. The highest BCUT2D eigenvalue weighted by molar-refractivity contribution is 9.10. The van der Waals surface area contributed by atoms with Gasteiger partial charge in [0.2, 0.25) is 0 Å². The molecule has 82 valence electrons. The fourth-order valence-electron chi connectivity index (χ4n) is 1.61. The molecule has 2 aromatic rings. The van der Waals surface area contributed by atoms with E-state index in [1.807, 2.05) is 36.4 Å². The predicted molar refractivity (Wildman–Crippen MR) is 75.1 cm³/mol. The summed E-state index contributed by atoms with van der Waals surface area (Å²) in [4.78, 5) is 0.998. The quantitative estimate of drug-likeness (QED) is 0.637. The molecule has 16 heavy (non-hydrogen) atoms. The van der Waals surface area contributed by atoms with Crippen LogP contribution in [-0.2, 0) is 6.42 Å². The van der Waals surface area contributed by atoms with Gasteiger partial charge in [-0.25, -0.2) is 0 Å². The number of benzene rings is 2. The third-order valence-electron chi connectivity index (χ3n) is 2.51. The second-order valence-corrected chi connectivity index (χ2v) is 4.95. The Morgan fingerprint density at radius 3 is 2.50 bits per heavy atom. The Morgan fingerprint density at radius 2 is 1.81 bits per heavy atom. The highest BCUT2D eigenvalue weighted by Crippen LogP contribution is 2.27. The van der Waals surface area contributed by atoms with Crippen molar-refractivity contribution in [1.29, 1.82) is 0 Å². The number of rotatable bonds is 2. The smallest absolute Gasteiger partial charge is 0.0361 e. The summed E-state index contributed by atoms with van der Waals surface area (Å²) in [5, 5.41) is 0. The van der Waals surface area contributed by atoms with Gasteiger partial charge in [0.25, 0.3) is 0 Å². The Bertz CT molecular complexity index is 491. The summed E-state index contributed by atoms with van der Waals surface area (Å²) in [5.74, 6) is 0. The van der Waals surface area contributed by atoms with Gasteiger partial charge in [0, 0.05) is 21.5 Å². The Kier molecular flexibility index (Phi) is 3.56. The lowest BCUT2D eigenvalue weighted by atomic mass is 10.0. The Balaban J connectivity index is 2.38. The predicted octanol–water partition coefficient (Wildman–Crippen LogP) is 3.91. The van der Waals surface area contributed by atoms with Gasteiger partial charge >= 0.3 is 0 Å². The fourth-order valence-corrected chi connectivity index (χ4v) is 2.37. The molecule has 3 heteroatoms. The van der Waals surface area contributed by atoms with Crippen molar-refractivity contribution >= 4 is 34.2 Å². The van der Waals surface area contributed by atoms with Gasteiger partial charge in [-0.3, -0.25) is 0 Å². The number of anilines is 1. The molecule has 0 amide bonds. The maximum absolute atomic E-state index is 5.96. The summed E-state index contributed by atoms with van der Waals surface area (Å²) in [7, 11) is 0. The van der Waals surface area contributed by atoms with E-state index in [1.165, 1.54) is 5.56 Å². The van der Waals surface area contributed by atoms with Crippen LogP contribution in [0.5, 0.6) is 0 Å². The van der Waals surface area contributed by atoms with Gasteiger partial charge in [0.1, 0.15) is 0 Å². The van der Waals surface area contributed by atoms with Crippen molar-refractivity contribution in [2.24, 2.45) is 0 Å². The van der Waals surface area contributed by atoms with Crippen LogP contribution in [0.25, 0.3) is 0 Å². The van der Waals surface area contributed by atoms with E-state index in [-0.39, 0.29) is 0 Å². The lowest BCUT2D eigenvalue weighted by molar-refractivity contribution is 1.12. The summed E-state index contributed by atoms with van der Waals surface area (Å²) < 4.78 is 1.05. The molecule has 0 atom stereocenters. The van der Waals surface area contributed by atoms with Crippen molar-refractivity contribution in [2.75, 3.05) is 5.73 Å². The monoisotopic (exact) mass is 293 g/mol. The number of thiol groups is 1. The van der Waals surface area contributed by atoms with E-state index in [0.717, 1.165) is 27.0 Å². The minimum Gasteiger partial charge on any atom is -0.398 e. The lowest BCUT2D eigenvalue weighted by Crippen LogP contribution is -1.97. The van der Waals surface area contributed by atoms with Crippen molar-refractivity contribution in [1.82, 2.24) is 0 Å². The molecule has 2 N–H and O–H groups in total. The molecular weight excluding hydrogens is 282 g/mol. The zero-order valence-electron chi connectivity index (χ0n) is 8.65. The highest BCUT2D eigenvalue weighted by Gasteiger charge is 2.06. The molecule has 0 bridgehead atoms. The molecule has 0 radical (unpaired) electrons. The Hall–Kier alpha value is -0.930. The van der Waals surface area contributed by atoms with Crippen LogP contribution < -0.4 is 5.73 Å². The minimum absolute atomic E-state index is 0.799. The Labute approximate surface area is 109 Å². The van der Waals surface area contributed by atoms with Crippen LogP contribution in [0, 0.1) is 0 Å². The van der Waals surface area contributed by atoms with Gasteiger partial charge in [-0.2, -0.15) is 0 Å². The van der Waals surface area contributed by atoms with Crippen molar-refractivity contribution in [3.63, 3.8) is 0 Å². The van der Waals surface area contributed by atoms with Crippen LogP contribution in [0.4, 0.5) is 5.69 Å². The first-order valence-corrected chi connectivity index (χ1v) is 6.22. The largest absolute Gasteiger partial charge is 0.398 e. The molecule has 1 nitrogen and oxygen atoms in total. The average molecular weight is 294 g/mol. The van der Waals surface area contributed by atoms with Crippen molar-refractivity contribution in [3.8, 4) is 0 Å². The van der Waals surface area contributed by atoms with E-state index in [9.17, 15) is 0 Å². The van der Waals surface area contributed by atoms with E-state index in [2.05, 4.69) is 34.6 Å². The van der Waals surface area contributed by atoms with Crippen LogP contribution in [0.2, 0.25) is 0 Å². The molecule has 0 aromatic heterocycles. The van der Waals surface area contributed by atoms with E-state index in [0.29, 0.717) is 0 Å². The number of halogens is 1. The molecule has 0 spiro atoms. The molecular formula is C13H12BrNS. The van der Waals surface area contributed by atoms with Crippen molar-refractivity contribution in [2.45, 2.75) is 11.3 Å². The molecule has 0 aliphatic carbocycles. The van der Waals surface area contributed by atoms with Crippen LogP contribution >= 0.6 is 28.6 Å². The van der Waals surface area contributed by atoms with Gasteiger partial charge in [-0.15, -0.1) is 12.6 Å². The van der Waals surface area contributed by atoms with Gasteiger partial charge in [0.15, 0.2) is 0 Å². The van der Waals surface area contributed by atoms with Gasteiger partial charge in [-0.05, 0) is 29.3 Å². The average Bonchev–Trinajstić information content (AvgIpc) is 2.26. The standard InChI is InChI=1S/C13H12BrNS/c14-11-5-3-6-12(15)10(11)8-9-4-1-2-7-13(9)16/h1-7,16H,8,15H2. The topological polar surface area (TPSA) is 26.0 Å². The third kappa shape index (κ3) is 2.42. The van der Waals surface area contributed by atoms with E-state index in [1.54, 1.807) is 0 Å². The summed E-state index contributed by atoms with van der Waals surface area (Å²) in [6, 6.07) is 13.9. The van der Waals surface area contributed by atoms with Crippen LogP contribution in [-0.4, -0.2) is 0 Å². The van der Waals surface area contributed by atoms with E-state index in [4.69, 9.17) is 5.73 Å². The van der Waals surface area contributed by atoms with Crippen LogP contribution in [0.1, 0.15) is 11.1 Å². The molecule has 0 aliphatic rings. The molecule has 0 heterocycles. The van der Waals surface area contributed by atoms with Gasteiger partial charge < -0.3 is 5.73 Å². The SMILES string of the molecule is Nc1cccc(Br)c1Cc1ccccc1S. The zero-order chi connectivity index (χ0) is 11.5. The first-order valence-electron chi connectivity index (χ1n) is 4.98. The van der Waals surface area contributed by atoms with Crippen molar-refractivity contribution in [3.05, 3.63) is 58.1 Å².